The summed E-state index contributed by atoms with van der Waals surface area (Å²) in [5.74, 6) is -1.47. The summed E-state index contributed by atoms with van der Waals surface area (Å²) in [6, 6.07) is 14.2. The Balaban J connectivity index is 2.37. The second-order valence-corrected chi connectivity index (χ2v) is 5.48. The normalized spacial score (nSPS) is 12.7. The fraction of sp³-hybridized carbons (Fsp3) is 0.167. The quantitative estimate of drug-likeness (QED) is 0.549. The molecule has 21 heavy (non-hydrogen) atoms. The first-order valence-corrected chi connectivity index (χ1v) is 6.93. The molecule has 0 spiro atoms. The minimum Gasteiger partial charge on any atom is -0.481 e. The number of anilines is 1. The van der Waals surface area contributed by atoms with Crippen LogP contribution in [-0.4, -0.2) is 11.1 Å². The molecule has 3 heteroatoms. The minimum absolute atomic E-state index is 0.577. The molecule has 3 aromatic carbocycles. The van der Waals surface area contributed by atoms with Gasteiger partial charge in [-0.05, 0) is 64.7 Å². The zero-order valence-electron chi connectivity index (χ0n) is 12.1. The number of carboxylic acids is 1. The number of aryl methyl sites for hydroxylation is 1. The molecule has 0 amide bonds. The molecule has 0 heterocycles. The Kier molecular flexibility index (Phi) is 3.05. The lowest BCUT2D eigenvalue weighted by Crippen LogP contribution is -2.11. The molecule has 0 aliphatic carbocycles. The van der Waals surface area contributed by atoms with E-state index in [1.165, 1.54) is 0 Å². The number of nitrogen functional groups attached to an aromatic ring is 1. The van der Waals surface area contributed by atoms with Gasteiger partial charge in [0.05, 0.1) is 5.92 Å². The maximum absolute atomic E-state index is 11.3. The molecular weight excluding hydrogens is 262 g/mol. The molecule has 0 aromatic heterocycles. The lowest BCUT2D eigenvalue weighted by Gasteiger charge is -2.16. The van der Waals surface area contributed by atoms with Crippen LogP contribution in [-0.2, 0) is 4.79 Å². The average Bonchev–Trinajstić information content (AvgIpc) is 2.48. The highest BCUT2D eigenvalue weighted by Gasteiger charge is 2.19. The lowest BCUT2D eigenvalue weighted by atomic mass is 9.91. The zero-order chi connectivity index (χ0) is 15.1. The molecule has 0 fully saturated rings. The first kappa shape index (κ1) is 13.4. The molecule has 0 radical (unpaired) electrons. The maximum atomic E-state index is 11.3. The summed E-state index contributed by atoms with van der Waals surface area (Å²) in [7, 11) is 0. The lowest BCUT2D eigenvalue weighted by molar-refractivity contribution is -0.138. The van der Waals surface area contributed by atoms with Crippen LogP contribution in [0.2, 0.25) is 0 Å². The van der Waals surface area contributed by atoms with Crippen LogP contribution in [0.25, 0.3) is 21.5 Å². The van der Waals surface area contributed by atoms with Crippen molar-refractivity contribution >= 4 is 33.2 Å². The van der Waals surface area contributed by atoms with E-state index in [0.717, 1.165) is 27.1 Å². The van der Waals surface area contributed by atoms with Crippen LogP contribution in [0.15, 0.2) is 42.5 Å². The number of benzene rings is 3. The fourth-order valence-corrected chi connectivity index (χ4v) is 2.80. The molecule has 0 aliphatic heterocycles. The summed E-state index contributed by atoms with van der Waals surface area (Å²) in [5, 5.41) is 13.6. The van der Waals surface area contributed by atoms with Gasteiger partial charge in [0.25, 0.3) is 0 Å². The van der Waals surface area contributed by atoms with E-state index < -0.39 is 11.9 Å². The summed E-state index contributed by atoms with van der Waals surface area (Å²) in [6.07, 6.45) is 0. The molecule has 106 valence electrons. The zero-order valence-corrected chi connectivity index (χ0v) is 12.1. The van der Waals surface area contributed by atoms with Crippen LogP contribution in [0.3, 0.4) is 0 Å². The summed E-state index contributed by atoms with van der Waals surface area (Å²) < 4.78 is 0. The van der Waals surface area contributed by atoms with E-state index in [4.69, 9.17) is 5.73 Å². The van der Waals surface area contributed by atoms with E-state index in [9.17, 15) is 9.90 Å². The highest BCUT2D eigenvalue weighted by atomic mass is 16.4. The van der Waals surface area contributed by atoms with Crippen LogP contribution in [0.1, 0.15) is 24.0 Å². The van der Waals surface area contributed by atoms with Crippen LogP contribution in [0, 0.1) is 6.92 Å². The topological polar surface area (TPSA) is 63.3 Å². The third-order valence-electron chi connectivity index (χ3n) is 4.18. The van der Waals surface area contributed by atoms with E-state index in [-0.39, 0.29) is 0 Å². The maximum Gasteiger partial charge on any atom is 0.310 e. The van der Waals surface area contributed by atoms with Crippen molar-refractivity contribution in [2.24, 2.45) is 0 Å². The van der Waals surface area contributed by atoms with Crippen molar-refractivity contribution in [2.75, 3.05) is 5.73 Å². The fourth-order valence-electron chi connectivity index (χ4n) is 2.80. The van der Waals surface area contributed by atoms with Crippen molar-refractivity contribution in [3.8, 4) is 0 Å². The van der Waals surface area contributed by atoms with Crippen molar-refractivity contribution in [1.82, 2.24) is 0 Å². The Labute approximate surface area is 123 Å². The summed E-state index contributed by atoms with van der Waals surface area (Å²) >= 11 is 0. The number of fused-ring (bicyclic) bond motifs is 2. The number of hydrogen-bond acceptors (Lipinski definition) is 2. The number of nitrogens with two attached hydrogens (primary N) is 1. The average molecular weight is 279 g/mol. The molecule has 0 saturated carbocycles. The van der Waals surface area contributed by atoms with Gasteiger partial charge in [-0.2, -0.15) is 0 Å². The summed E-state index contributed by atoms with van der Waals surface area (Å²) in [6.45, 7) is 3.62. The van der Waals surface area contributed by atoms with E-state index in [2.05, 4.69) is 24.3 Å². The first-order valence-electron chi connectivity index (χ1n) is 6.93. The van der Waals surface area contributed by atoms with Crippen LogP contribution in [0.5, 0.6) is 0 Å². The van der Waals surface area contributed by atoms with Gasteiger partial charge >= 0.3 is 5.97 Å². The minimum atomic E-state index is -0.860. The molecule has 0 saturated heterocycles. The number of aliphatic carboxylic acids is 1. The second-order valence-electron chi connectivity index (χ2n) is 5.48. The van der Waals surface area contributed by atoms with Crippen LogP contribution < -0.4 is 5.73 Å². The second kappa shape index (κ2) is 4.77. The monoisotopic (exact) mass is 279 g/mol. The van der Waals surface area contributed by atoms with Gasteiger partial charge in [0.1, 0.15) is 0 Å². The number of carbonyl (C=O) groups is 1. The molecule has 3 nitrogen and oxygen atoms in total. The highest BCUT2D eigenvalue weighted by Crippen LogP contribution is 2.34. The molecule has 1 atom stereocenters. The molecule has 1 unspecified atom stereocenters. The van der Waals surface area contributed by atoms with Crippen molar-refractivity contribution in [3.05, 3.63) is 53.6 Å². The van der Waals surface area contributed by atoms with E-state index >= 15 is 0 Å². The van der Waals surface area contributed by atoms with Gasteiger partial charge < -0.3 is 10.8 Å². The largest absolute Gasteiger partial charge is 0.481 e. The smallest absolute Gasteiger partial charge is 0.310 e. The summed E-state index contributed by atoms with van der Waals surface area (Å²) in [5.41, 5.74) is 8.37. The Morgan fingerprint density at radius 2 is 1.71 bits per heavy atom. The molecule has 0 bridgehead atoms. The number of hydrogen-bond donors (Lipinski definition) is 2. The first-order chi connectivity index (χ1) is 9.99. The van der Waals surface area contributed by atoms with Crippen LogP contribution in [0.4, 0.5) is 5.69 Å². The van der Waals surface area contributed by atoms with Crippen molar-refractivity contribution in [2.45, 2.75) is 19.8 Å². The summed E-state index contributed by atoms with van der Waals surface area (Å²) in [4.78, 5) is 11.3. The van der Waals surface area contributed by atoms with E-state index in [1.54, 1.807) is 6.92 Å². The van der Waals surface area contributed by atoms with Crippen molar-refractivity contribution in [1.29, 1.82) is 0 Å². The van der Waals surface area contributed by atoms with Gasteiger partial charge in [-0.25, -0.2) is 0 Å². The predicted octanol–water partition coefficient (Wildman–Crippen LogP) is 4.07. The van der Waals surface area contributed by atoms with Gasteiger partial charge in [-0.15, -0.1) is 0 Å². The standard InChI is InChI=1S/C18H17NO2/c1-10-15-8-13-6-4-3-5-12(13)7-14(15)9-16(17(10)19)11(2)18(20)21/h3-9,11H,19H2,1-2H3,(H,20,21). The third kappa shape index (κ3) is 2.11. The Morgan fingerprint density at radius 1 is 1.10 bits per heavy atom. The molecule has 3 aromatic rings. The molecule has 3 N–H and O–H groups in total. The van der Waals surface area contributed by atoms with Gasteiger partial charge in [0, 0.05) is 5.69 Å². The van der Waals surface area contributed by atoms with Crippen molar-refractivity contribution in [3.63, 3.8) is 0 Å². The predicted molar refractivity (Wildman–Crippen MR) is 86.7 cm³/mol. The van der Waals surface area contributed by atoms with E-state index in [1.807, 2.05) is 25.1 Å². The highest BCUT2D eigenvalue weighted by molar-refractivity contribution is 6.02. The van der Waals surface area contributed by atoms with Gasteiger partial charge in [0.2, 0.25) is 0 Å². The Hall–Kier alpha value is -2.55. The van der Waals surface area contributed by atoms with Gasteiger partial charge in [-0.3, -0.25) is 4.79 Å². The van der Waals surface area contributed by atoms with Crippen LogP contribution >= 0.6 is 0 Å². The Morgan fingerprint density at radius 3 is 2.33 bits per heavy atom. The van der Waals surface area contributed by atoms with Gasteiger partial charge in [0.15, 0.2) is 0 Å². The Bertz CT molecular complexity index is 868. The SMILES string of the molecule is Cc1c(N)c(C(C)C(=O)O)cc2cc3ccccc3cc12. The van der Waals surface area contributed by atoms with E-state index in [0.29, 0.717) is 11.3 Å². The molecule has 0 aliphatic rings. The third-order valence-corrected chi connectivity index (χ3v) is 4.18. The van der Waals surface area contributed by atoms with Gasteiger partial charge in [-0.1, -0.05) is 24.3 Å². The molecule has 3 rings (SSSR count). The van der Waals surface area contributed by atoms with Crippen molar-refractivity contribution < 1.29 is 9.90 Å². The number of carboxylic acid groups (broad SMARTS) is 1. The number of rotatable bonds is 2. The molecular formula is C18H17NO2.